The third kappa shape index (κ3) is 4.85. The molecule has 0 bridgehead atoms. The highest BCUT2D eigenvalue weighted by atomic mass is 32.2. The van der Waals surface area contributed by atoms with Crippen LogP contribution in [0.25, 0.3) is 0 Å². The first-order valence-corrected chi connectivity index (χ1v) is 11.4. The van der Waals surface area contributed by atoms with E-state index in [0.717, 1.165) is 26.3 Å². The number of hydrogen-bond donors (Lipinski definition) is 2. The molecule has 0 amide bonds. The van der Waals surface area contributed by atoms with Crippen LogP contribution in [-0.4, -0.2) is 46.8 Å². The number of morpholine rings is 1. The molecule has 146 valence electrons. The predicted molar refractivity (Wildman–Crippen MR) is 103 cm³/mol. The summed E-state index contributed by atoms with van der Waals surface area (Å²) in [5.74, 6) is 0.595. The molecule has 0 spiro atoms. The van der Waals surface area contributed by atoms with Crippen molar-refractivity contribution >= 4 is 10.0 Å². The molecule has 1 saturated heterocycles. The molecule has 1 aliphatic heterocycles. The van der Waals surface area contributed by atoms with Gasteiger partial charge in [0.05, 0.1) is 24.7 Å². The number of quaternary nitrogens is 1. The van der Waals surface area contributed by atoms with Gasteiger partial charge in [0.15, 0.2) is 0 Å². The number of benzene rings is 1. The van der Waals surface area contributed by atoms with Gasteiger partial charge in [-0.05, 0) is 50.3 Å². The molecular weight excluding hydrogens is 348 g/mol. The second kappa shape index (κ2) is 8.38. The van der Waals surface area contributed by atoms with Crippen molar-refractivity contribution in [3.63, 3.8) is 0 Å². The summed E-state index contributed by atoms with van der Waals surface area (Å²) in [6, 6.07) is 7.54. The summed E-state index contributed by atoms with van der Waals surface area (Å²) in [5.41, 5.74) is 1.13. The van der Waals surface area contributed by atoms with Gasteiger partial charge in [0.1, 0.15) is 18.6 Å². The molecule has 0 atom stereocenters. The highest BCUT2D eigenvalue weighted by Crippen LogP contribution is 2.32. The zero-order valence-corrected chi connectivity index (χ0v) is 16.9. The zero-order chi connectivity index (χ0) is 18.6. The van der Waals surface area contributed by atoms with Crippen LogP contribution in [0.1, 0.15) is 57.4 Å². The molecule has 5 nitrogen and oxygen atoms in total. The van der Waals surface area contributed by atoms with Gasteiger partial charge in [-0.2, -0.15) is 0 Å². The van der Waals surface area contributed by atoms with E-state index in [1.54, 1.807) is 12.1 Å². The minimum Gasteiger partial charge on any atom is -0.370 e. The summed E-state index contributed by atoms with van der Waals surface area (Å²) in [6.45, 7) is 7.98. The molecule has 2 N–H and O–H groups in total. The lowest BCUT2D eigenvalue weighted by molar-refractivity contribution is -0.954. The van der Waals surface area contributed by atoms with Crippen molar-refractivity contribution in [1.82, 2.24) is 4.72 Å². The van der Waals surface area contributed by atoms with Gasteiger partial charge in [0.2, 0.25) is 10.0 Å². The lowest BCUT2D eigenvalue weighted by Gasteiger charge is -2.37. The van der Waals surface area contributed by atoms with E-state index >= 15 is 0 Å². The third-order valence-corrected chi connectivity index (χ3v) is 7.44. The topological polar surface area (TPSA) is 59.8 Å². The van der Waals surface area contributed by atoms with E-state index in [9.17, 15) is 8.42 Å². The Kier molecular flexibility index (Phi) is 6.38. The standard InChI is InChI=1S/C20H32N2O3S/c1-20(2,22-12-14-25-15-13-22)16-21-26(23,24)19-10-8-18(9-11-19)17-6-4-3-5-7-17/h8-11,17,21H,3-7,12-16H2,1-2H3/p+1. The molecule has 2 fully saturated rings. The molecule has 26 heavy (non-hydrogen) atoms. The summed E-state index contributed by atoms with van der Waals surface area (Å²) in [4.78, 5) is 1.75. The summed E-state index contributed by atoms with van der Waals surface area (Å²) in [6.07, 6.45) is 6.34. The van der Waals surface area contributed by atoms with E-state index in [1.807, 2.05) is 12.1 Å². The predicted octanol–water partition coefficient (Wildman–Crippen LogP) is 1.71. The number of ether oxygens (including phenoxy) is 1. The molecule has 0 aromatic heterocycles. The number of sulfonamides is 1. The second-order valence-corrected chi connectivity index (χ2v) is 10.1. The van der Waals surface area contributed by atoms with Gasteiger partial charge < -0.3 is 9.64 Å². The Hall–Kier alpha value is -0.950. The summed E-state index contributed by atoms with van der Waals surface area (Å²) >= 11 is 0. The maximum absolute atomic E-state index is 12.7. The van der Waals surface area contributed by atoms with Crippen LogP contribution in [0.2, 0.25) is 0 Å². The third-order valence-electron chi connectivity index (χ3n) is 6.02. The van der Waals surface area contributed by atoms with Crippen molar-refractivity contribution in [2.24, 2.45) is 0 Å². The maximum atomic E-state index is 12.7. The largest absolute Gasteiger partial charge is 0.370 e. The Morgan fingerprint density at radius 1 is 1.08 bits per heavy atom. The molecule has 1 aromatic rings. The Labute approximate surface area is 158 Å². The van der Waals surface area contributed by atoms with Crippen molar-refractivity contribution < 1.29 is 18.1 Å². The normalized spacial score (nSPS) is 21.0. The highest BCUT2D eigenvalue weighted by Gasteiger charge is 2.33. The molecule has 1 heterocycles. The van der Waals surface area contributed by atoms with Crippen molar-refractivity contribution in [3.8, 4) is 0 Å². The van der Waals surface area contributed by atoms with Crippen molar-refractivity contribution in [2.45, 2.75) is 62.3 Å². The van der Waals surface area contributed by atoms with Crippen molar-refractivity contribution in [3.05, 3.63) is 29.8 Å². The lowest BCUT2D eigenvalue weighted by Crippen LogP contribution is -3.22. The van der Waals surface area contributed by atoms with Crippen molar-refractivity contribution in [2.75, 3.05) is 32.8 Å². The first-order valence-electron chi connectivity index (χ1n) is 9.91. The molecule has 1 saturated carbocycles. The average Bonchev–Trinajstić information content (AvgIpc) is 2.68. The molecule has 3 rings (SSSR count). The van der Waals surface area contributed by atoms with Crippen LogP contribution in [0.15, 0.2) is 29.2 Å². The smallest absolute Gasteiger partial charge is 0.240 e. The van der Waals surface area contributed by atoms with Crippen LogP contribution in [0, 0.1) is 0 Å². The summed E-state index contributed by atoms with van der Waals surface area (Å²) in [7, 11) is -3.47. The molecule has 1 aromatic carbocycles. The quantitative estimate of drug-likeness (QED) is 0.789. The fourth-order valence-electron chi connectivity index (χ4n) is 4.13. The maximum Gasteiger partial charge on any atom is 0.240 e. The Morgan fingerprint density at radius 2 is 1.69 bits per heavy atom. The minimum atomic E-state index is -3.47. The first-order chi connectivity index (χ1) is 12.4. The van der Waals surface area contributed by atoms with E-state index < -0.39 is 10.0 Å². The number of hydrogen-bond acceptors (Lipinski definition) is 3. The van der Waals surface area contributed by atoms with Crippen LogP contribution in [0.5, 0.6) is 0 Å². The monoisotopic (exact) mass is 381 g/mol. The van der Waals surface area contributed by atoms with Gasteiger partial charge in [0.25, 0.3) is 0 Å². The van der Waals surface area contributed by atoms with Gasteiger partial charge in [-0.25, -0.2) is 13.1 Å². The van der Waals surface area contributed by atoms with Crippen LogP contribution in [-0.2, 0) is 14.8 Å². The summed E-state index contributed by atoms with van der Waals surface area (Å²) < 4.78 is 33.6. The van der Waals surface area contributed by atoms with Crippen LogP contribution < -0.4 is 9.62 Å². The summed E-state index contributed by atoms with van der Waals surface area (Å²) in [5, 5.41) is 0. The fourth-order valence-corrected chi connectivity index (χ4v) is 5.35. The van der Waals surface area contributed by atoms with Crippen LogP contribution >= 0.6 is 0 Å². The minimum absolute atomic E-state index is 0.154. The fraction of sp³-hybridized carbons (Fsp3) is 0.700. The lowest BCUT2D eigenvalue weighted by atomic mass is 9.84. The number of nitrogens with one attached hydrogen (secondary N) is 2. The molecule has 6 heteroatoms. The van der Waals surface area contributed by atoms with E-state index in [4.69, 9.17) is 4.74 Å². The van der Waals surface area contributed by atoms with Gasteiger partial charge in [-0.15, -0.1) is 0 Å². The highest BCUT2D eigenvalue weighted by molar-refractivity contribution is 7.89. The number of rotatable bonds is 6. The SMILES string of the molecule is CC(C)(CNS(=O)(=O)c1ccc(C2CCCCC2)cc1)[NH+]1CCOCC1. The molecule has 0 unspecified atom stereocenters. The van der Waals surface area contributed by atoms with Crippen LogP contribution in [0.4, 0.5) is 0 Å². The average molecular weight is 382 g/mol. The Morgan fingerprint density at radius 3 is 2.31 bits per heavy atom. The van der Waals surface area contributed by atoms with Gasteiger partial charge in [-0.1, -0.05) is 31.4 Å². The molecule has 2 aliphatic rings. The van der Waals surface area contributed by atoms with Crippen molar-refractivity contribution in [1.29, 1.82) is 0 Å². The van der Waals surface area contributed by atoms with Crippen LogP contribution in [0.3, 0.4) is 0 Å². The zero-order valence-electron chi connectivity index (χ0n) is 16.1. The molecular formula is C20H33N2O3S+. The van der Waals surface area contributed by atoms with E-state index in [0.29, 0.717) is 17.4 Å². The van der Waals surface area contributed by atoms with Gasteiger partial charge >= 0.3 is 0 Å². The van der Waals surface area contributed by atoms with Gasteiger partial charge in [0, 0.05) is 0 Å². The van der Waals surface area contributed by atoms with E-state index in [1.165, 1.54) is 42.6 Å². The van der Waals surface area contributed by atoms with Gasteiger partial charge in [-0.3, -0.25) is 0 Å². The van der Waals surface area contributed by atoms with E-state index in [2.05, 4.69) is 18.6 Å². The first kappa shape index (κ1) is 19.8. The molecule has 0 radical (unpaired) electrons. The van der Waals surface area contributed by atoms with E-state index in [-0.39, 0.29) is 5.54 Å². The second-order valence-electron chi connectivity index (χ2n) is 8.33. The Balaban J connectivity index is 1.62. The Bertz CT molecular complexity index is 674. The molecule has 1 aliphatic carbocycles.